The Kier molecular flexibility index (Phi) is 6.02. The van der Waals surface area contributed by atoms with Gasteiger partial charge in [0.1, 0.15) is 6.04 Å². The molecule has 3 heteroatoms. The number of amides is 1. The molecule has 0 fully saturated rings. The van der Waals surface area contributed by atoms with Crippen molar-refractivity contribution in [2.75, 3.05) is 10.6 Å². The van der Waals surface area contributed by atoms with E-state index in [1.165, 1.54) is 5.56 Å². The van der Waals surface area contributed by atoms with E-state index in [2.05, 4.69) is 56.5 Å². The van der Waals surface area contributed by atoms with Gasteiger partial charge in [0.2, 0.25) is 5.91 Å². The van der Waals surface area contributed by atoms with Crippen LogP contribution in [0.15, 0.2) is 48.5 Å². The Morgan fingerprint density at radius 3 is 2.04 bits per heavy atom. The molecule has 0 spiro atoms. The number of anilines is 2. The fourth-order valence-corrected chi connectivity index (χ4v) is 2.64. The molecule has 2 rings (SSSR count). The second-order valence-electron chi connectivity index (χ2n) is 6.87. The first-order valence-corrected chi connectivity index (χ1v) is 8.64. The molecule has 0 aliphatic heterocycles. The van der Waals surface area contributed by atoms with Crippen LogP contribution in [0.3, 0.4) is 0 Å². The summed E-state index contributed by atoms with van der Waals surface area (Å²) < 4.78 is 0. The highest BCUT2D eigenvalue weighted by molar-refractivity contribution is 5.96. The van der Waals surface area contributed by atoms with Gasteiger partial charge in [-0.2, -0.15) is 0 Å². The number of carbonyl (C=O) groups excluding carboxylic acids is 1. The van der Waals surface area contributed by atoms with Gasteiger partial charge in [0.05, 0.1) is 0 Å². The summed E-state index contributed by atoms with van der Waals surface area (Å²) >= 11 is 0. The molecule has 0 saturated carbocycles. The summed E-state index contributed by atoms with van der Waals surface area (Å²) in [7, 11) is 0. The van der Waals surface area contributed by atoms with Crippen molar-refractivity contribution in [2.24, 2.45) is 0 Å². The predicted octanol–water partition coefficient (Wildman–Crippen LogP) is 5.37. The van der Waals surface area contributed by atoms with Crippen LogP contribution in [0.4, 0.5) is 11.4 Å². The Morgan fingerprint density at radius 1 is 0.833 bits per heavy atom. The molecule has 2 aromatic carbocycles. The van der Waals surface area contributed by atoms with E-state index in [0.717, 1.165) is 16.9 Å². The molecular formula is C21H28N2O. The van der Waals surface area contributed by atoms with Crippen LogP contribution in [0.1, 0.15) is 57.6 Å². The Bertz CT molecular complexity index is 674. The van der Waals surface area contributed by atoms with Gasteiger partial charge in [-0.3, -0.25) is 4.79 Å². The summed E-state index contributed by atoms with van der Waals surface area (Å²) in [4.78, 5) is 12.5. The maximum atomic E-state index is 12.5. The van der Waals surface area contributed by atoms with Crippen molar-refractivity contribution in [1.29, 1.82) is 0 Å². The minimum absolute atomic E-state index is 0.0314. The van der Waals surface area contributed by atoms with Crippen LogP contribution in [0, 0.1) is 0 Å². The van der Waals surface area contributed by atoms with Crippen molar-refractivity contribution in [2.45, 2.75) is 52.5 Å². The highest BCUT2D eigenvalue weighted by Crippen LogP contribution is 2.24. The van der Waals surface area contributed by atoms with Gasteiger partial charge in [-0.25, -0.2) is 0 Å². The van der Waals surface area contributed by atoms with E-state index in [1.54, 1.807) is 0 Å². The number of hydrogen-bond acceptors (Lipinski definition) is 2. The number of carbonyl (C=O) groups is 1. The van der Waals surface area contributed by atoms with Crippen LogP contribution < -0.4 is 10.6 Å². The first-order chi connectivity index (χ1) is 11.4. The SMILES string of the molecule is CC(Nc1ccc(C(C)C)cc1)C(=O)Nc1ccccc1C(C)C. The molecular weight excluding hydrogens is 296 g/mol. The summed E-state index contributed by atoms with van der Waals surface area (Å²) in [6.07, 6.45) is 0. The number of nitrogens with one attached hydrogen (secondary N) is 2. The molecule has 1 amide bonds. The maximum absolute atomic E-state index is 12.5. The Morgan fingerprint density at radius 2 is 1.46 bits per heavy atom. The van der Waals surface area contributed by atoms with Gasteiger partial charge in [-0.05, 0) is 48.1 Å². The lowest BCUT2D eigenvalue weighted by molar-refractivity contribution is -0.116. The van der Waals surface area contributed by atoms with Crippen molar-refractivity contribution in [3.05, 3.63) is 59.7 Å². The molecule has 3 nitrogen and oxygen atoms in total. The highest BCUT2D eigenvalue weighted by Gasteiger charge is 2.15. The van der Waals surface area contributed by atoms with Gasteiger partial charge in [-0.1, -0.05) is 58.0 Å². The van der Waals surface area contributed by atoms with Gasteiger partial charge in [0.25, 0.3) is 0 Å². The van der Waals surface area contributed by atoms with Crippen LogP contribution in [0.25, 0.3) is 0 Å². The molecule has 24 heavy (non-hydrogen) atoms. The molecule has 0 bridgehead atoms. The molecule has 1 unspecified atom stereocenters. The van der Waals surface area contributed by atoms with E-state index in [0.29, 0.717) is 11.8 Å². The monoisotopic (exact) mass is 324 g/mol. The van der Waals surface area contributed by atoms with E-state index in [9.17, 15) is 4.79 Å². The van der Waals surface area contributed by atoms with Crippen molar-refractivity contribution in [3.8, 4) is 0 Å². The number of rotatable bonds is 6. The Balaban J connectivity index is 2.02. The molecule has 0 heterocycles. The van der Waals surface area contributed by atoms with Gasteiger partial charge < -0.3 is 10.6 Å². The van der Waals surface area contributed by atoms with E-state index in [-0.39, 0.29) is 11.9 Å². The number of hydrogen-bond donors (Lipinski definition) is 2. The fraction of sp³-hybridized carbons (Fsp3) is 0.381. The quantitative estimate of drug-likeness (QED) is 0.749. The second kappa shape index (κ2) is 8.00. The number of para-hydroxylation sites is 1. The highest BCUT2D eigenvalue weighted by atomic mass is 16.2. The summed E-state index contributed by atoms with van der Waals surface area (Å²) in [5.41, 5.74) is 4.29. The van der Waals surface area contributed by atoms with Gasteiger partial charge in [-0.15, -0.1) is 0 Å². The molecule has 0 aromatic heterocycles. The maximum Gasteiger partial charge on any atom is 0.246 e. The second-order valence-corrected chi connectivity index (χ2v) is 6.87. The number of benzene rings is 2. The van der Waals surface area contributed by atoms with Crippen molar-refractivity contribution in [3.63, 3.8) is 0 Å². The van der Waals surface area contributed by atoms with Gasteiger partial charge in [0.15, 0.2) is 0 Å². The van der Waals surface area contributed by atoms with Gasteiger partial charge >= 0.3 is 0 Å². The summed E-state index contributed by atoms with van der Waals surface area (Å²) in [5.74, 6) is 0.844. The van der Waals surface area contributed by atoms with E-state index in [4.69, 9.17) is 0 Å². The molecule has 0 aliphatic rings. The Hall–Kier alpha value is -2.29. The smallest absolute Gasteiger partial charge is 0.246 e. The third-order valence-corrected chi connectivity index (χ3v) is 4.19. The van der Waals surface area contributed by atoms with Crippen molar-refractivity contribution in [1.82, 2.24) is 0 Å². The third-order valence-electron chi connectivity index (χ3n) is 4.19. The minimum Gasteiger partial charge on any atom is -0.374 e. The summed E-state index contributed by atoms with van der Waals surface area (Å²) in [6.45, 7) is 10.5. The first kappa shape index (κ1) is 18.1. The molecule has 2 aromatic rings. The molecule has 0 aliphatic carbocycles. The van der Waals surface area contributed by atoms with Crippen LogP contribution in [0.5, 0.6) is 0 Å². The zero-order valence-corrected chi connectivity index (χ0v) is 15.3. The topological polar surface area (TPSA) is 41.1 Å². The minimum atomic E-state index is -0.310. The lowest BCUT2D eigenvalue weighted by atomic mass is 10.0. The van der Waals surface area contributed by atoms with E-state index < -0.39 is 0 Å². The van der Waals surface area contributed by atoms with Crippen LogP contribution in [0.2, 0.25) is 0 Å². The lowest BCUT2D eigenvalue weighted by Gasteiger charge is -2.18. The Labute approximate surface area is 145 Å². The molecule has 0 saturated heterocycles. The van der Waals surface area contributed by atoms with Gasteiger partial charge in [0, 0.05) is 11.4 Å². The van der Waals surface area contributed by atoms with Crippen molar-refractivity contribution < 1.29 is 4.79 Å². The fourth-order valence-electron chi connectivity index (χ4n) is 2.64. The normalized spacial score (nSPS) is 12.3. The average molecular weight is 324 g/mol. The van der Waals surface area contributed by atoms with E-state index >= 15 is 0 Å². The lowest BCUT2D eigenvalue weighted by Crippen LogP contribution is -2.32. The zero-order chi connectivity index (χ0) is 17.7. The molecule has 1 atom stereocenters. The summed E-state index contributed by atoms with van der Waals surface area (Å²) in [5, 5.41) is 6.30. The average Bonchev–Trinajstić information content (AvgIpc) is 2.55. The first-order valence-electron chi connectivity index (χ1n) is 8.64. The van der Waals surface area contributed by atoms with Crippen molar-refractivity contribution >= 4 is 17.3 Å². The third kappa shape index (κ3) is 4.60. The van der Waals surface area contributed by atoms with Crippen LogP contribution in [-0.2, 0) is 4.79 Å². The summed E-state index contributed by atoms with van der Waals surface area (Å²) in [6, 6.07) is 15.9. The largest absolute Gasteiger partial charge is 0.374 e. The standard InChI is InChI=1S/C21H28N2O/c1-14(2)17-10-12-18(13-11-17)22-16(5)21(24)23-20-9-7-6-8-19(20)15(3)4/h6-16,22H,1-5H3,(H,23,24). The molecule has 128 valence electrons. The van der Waals surface area contributed by atoms with Crippen LogP contribution in [-0.4, -0.2) is 11.9 Å². The molecule has 2 N–H and O–H groups in total. The predicted molar refractivity (Wildman–Crippen MR) is 103 cm³/mol. The molecule has 0 radical (unpaired) electrons. The van der Waals surface area contributed by atoms with Crippen LogP contribution >= 0.6 is 0 Å². The van der Waals surface area contributed by atoms with E-state index in [1.807, 2.05) is 37.3 Å². The zero-order valence-electron chi connectivity index (χ0n) is 15.3.